The number of nitrogens with zero attached hydrogens (tertiary/aromatic N) is 6. The molecule has 3 aromatic heterocycles. The number of ether oxygens (including phenoxy) is 1. The van der Waals surface area contributed by atoms with Crippen LogP contribution in [0.5, 0.6) is 0 Å². The quantitative estimate of drug-likeness (QED) is 0.148. The predicted octanol–water partition coefficient (Wildman–Crippen LogP) is 6.14. The molecule has 2 aromatic carbocycles. The van der Waals surface area contributed by atoms with Crippen molar-refractivity contribution in [3.05, 3.63) is 89.8 Å². The summed E-state index contributed by atoms with van der Waals surface area (Å²) in [5.74, 6) is 2.13. The van der Waals surface area contributed by atoms with Crippen LogP contribution >= 0.6 is 0 Å². The van der Waals surface area contributed by atoms with Gasteiger partial charge in [-0.25, -0.2) is 0 Å². The summed E-state index contributed by atoms with van der Waals surface area (Å²) < 4.78 is 7.33. The van der Waals surface area contributed by atoms with Crippen molar-refractivity contribution >= 4 is 34.1 Å². The molecule has 4 heterocycles. The van der Waals surface area contributed by atoms with Gasteiger partial charge in [-0.05, 0) is 67.4 Å². The Bertz CT molecular complexity index is 1870. The molecule has 0 unspecified atom stereocenters. The minimum absolute atomic E-state index is 0.0929. The van der Waals surface area contributed by atoms with Crippen molar-refractivity contribution in [1.82, 2.24) is 29.5 Å². The molecule has 10 heteroatoms. The molecule has 0 bridgehead atoms. The van der Waals surface area contributed by atoms with Crippen LogP contribution in [0, 0.1) is 5.92 Å². The third kappa shape index (κ3) is 7.84. The Morgan fingerprint density at radius 2 is 1.91 bits per heavy atom. The van der Waals surface area contributed by atoms with Crippen LogP contribution in [0.4, 0.5) is 11.9 Å². The summed E-state index contributed by atoms with van der Waals surface area (Å²) in [5, 5.41) is 13.8. The Labute approximate surface area is 276 Å². The SMILES string of the molecule is CC(C)c1cnn2c(NCc3ccccc3-c3nccc4cc(CC(=O)/C=C/CN(C)C)ccc34)nc(NCC3CCOCC3)nc12. The first kappa shape index (κ1) is 32.3. The smallest absolute Gasteiger partial charge is 0.229 e. The van der Waals surface area contributed by atoms with Crippen molar-refractivity contribution in [2.75, 3.05) is 51.0 Å². The van der Waals surface area contributed by atoms with Crippen LogP contribution in [-0.2, 0) is 22.5 Å². The fraction of sp³-hybridized carbons (Fsp3) is 0.378. The molecule has 1 saturated heterocycles. The van der Waals surface area contributed by atoms with Gasteiger partial charge in [0.05, 0.1) is 11.9 Å². The lowest BCUT2D eigenvalue weighted by Crippen LogP contribution is -2.23. The Balaban J connectivity index is 1.25. The van der Waals surface area contributed by atoms with Gasteiger partial charge in [-0.3, -0.25) is 9.78 Å². The standard InChI is InChI=1S/C37H44N8O2/c1-25(2)33-24-41-45-35(33)42-36(39-22-26-14-18-47-19-15-26)43-37(45)40-23-29-8-5-6-10-31(29)34-32-12-11-27(20-28(32)13-16-38-34)21-30(46)9-7-17-44(3)4/h5-13,16,20,24-26H,14-15,17-19,21-23H2,1-4H3,(H2,39,40,42,43)/b9-7+. The van der Waals surface area contributed by atoms with Crippen LogP contribution in [0.25, 0.3) is 27.7 Å². The molecule has 0 amide bonds. The highest BCUT2D eigenvalue weighted by Gasteiger charge is 2.18. The van der Waals surface area contributed by atoms with Gasteiger partial charge >= 0.3 is 0 Å². The second-order valence-corrected chi connectivity index (χ2v) is 12.8. The largest absolute Gasteiger partial charge is 0.381 e. The fourth-order valence-electron chi connectivity index (χ4n) is 5.97. The van der Waals surface area contributed by atoms with E-state index in [4.69, 9.17) is 19.7 Å². The lowest BCUT2D eigenvalue weighted by molar-refractivity contribution is -0.114. The first-order chi connectivity index (χ1) is 22.9. The second-order valence-electron chi connectivity index (χ2n) is 12.8. The third-order valence-electron chi connectivity index (χ3n) is 8.60. The zero-order valence-electron chi connectivity index (χ0n) is 27.7. The summed E-state index contributed by atoms with van der Waals surface area (Å²) in [6.45, 7) is 7.98. The van der Waals surface area contributed by atoms with Crippen LogP contribution < -0.4 is 10.6 Å². The van der Waals surface area contributed by atoms with Gasteiger partial charge in [0, 0.05) is 62.0 Å². The maximum absolute atomic E-state index is 12.5. The van der Waals surface area contributed by atoms with Crippen molar-refractivity contribution < 1.29 is 9.53 Å². The molecule has 47 heavy (non-hydrogen) atoms. The van der Waals surface area contributed by atoms with Gasteiger partial charge in [0.2, 0.25) is 11.9 Å². The number of rotatable bonds is 13. The van der Waals surface area contributed by atoms with E-state index in [2.05, 4.69) is 53.8 Å². The highest BCUT2D eigenvalue weighted by molar-refractivity contribution is 5.97. The van der Waals surface area contributed by atoms with E-state index in [0.717, 1.165) is 83.5 Å². The molecule has 10 nitrogen and oxygen atoms in total. The van der Waals surface area contributed by atoms with E-state index in [0.29, 0.717) is 30.8 Å². The molecule has 0 atom stereocenters. The monoisotopic (exact) mass is 632 g/mol. The number of benzene rings is 2. The van der Waals surface area contributed by atoms with Crippen molar-refractivity contribution in [3.8, 4) is 11.3 Å². The number of aromatic nitrogens is 5. The summed E-state index contributed by atoms with van der Waals surface area (Å²) >= 11 is 0. The number of fused-ring (bicyclic) bond motifs is 2. The molecule has 6 rings (SSSR count). The highest BCUT2D eigenvalue weighted by Crippen LogP contribution is 2.31. The van der Waals surface area contributed by atoms with E-state index in [1.54, 1.807) is 10.6 Å². The molecule has 1 aliphatic heterocycles. The van der Waals surface area contributed by atoms with Gasteiger partial charge in [-0.15, -0.1) is 0 Å². The Morgan fingerprint density at radius 3 is 2.72 bits per heavy atom. The molecule has 1 aliphatic rings. The third-order valence-corrected chi connectivity index (χ3v) is 8.60. The topological polar surface area (TPSA) is 110 Å². The van der Waals surface area contributed by atoms with Crippen molar-refractivity contribution in [3.63, 3.8) is 0 Å². The van der Waals surface area contributed by atoms with Crippen LogP contribution in [0.1, 0.15) is 49.3 Å². The number of anilines is 2. The minimum Gasteiger partial charge on any atom is -0.381 e. The number of ketones is 1. The number of likely N-dealkylation sites (N-methyl/N-ethyl adjacent to an activating group) is 1. The zero-order chi connectivity index (χ0) is 32.8. The predicted molar refractivity (Wildman–Crippen MR) is 188 cm³/mol. The Morgan fingerprint density at radius 1 is 1.09 bits per heavy atom. The second kappa shape index (κ2) is 14.8. The number of allylic oxidation sites excluding steroid dienone is 1. The summed E-state index contributed by atoms with van der Waals surface area (Å²) in [5.41, 5.74) is 5.88. The number of nitrogens with one attached hydrogen (secondary N) is 2. The molecule has 5 aromatic rings. The average molecular weight is 633 g/mol. The fourth-order valence-corrected chi connectivity index (χ4v) is 5.97. The van der Waals surface area contributed by atoms with E-state index in [1.165, 1.54) is 0 Å². The Kier molecular flexibility index (Phi) is 10.2. The highest BCUT2D eigenvalue weighted by atomic mass is 16.5. The maximum atomic E-state index is 12.5. The molecule has 0 aliphatic carbocycles. The van der Waals surface area contributed by atoms with E-state index in [-0.39, 0.29) is 11.7 Å². The average Bonchev–Trinajstić information content (AvgIpc) is 3.51. The summed E-state index contributed by atoms with van der Waals surface area (Å²) in [7, 11) is 3.97. The molecular weight excluding hydrogens is 588 g/mol. The van der Waals surface area contributed by atoms with E-state index < -0.39 is 0 Å². The number of carbonyl (C=O) groups is 1. The first-order valence-electron chi connectivity index (χ1n) is 16.5. The normalized spacial score (nSPS) is 14.2. The molecular formula is C37H44N8O2. The van der Waals surface area contributed by atoms with Crippen molar-refractivity contribution in [1.29, 1.82) is 0 Å². The minimum atomic E-state index is 0.0929. The summed E-state index contributed by atoms with van der Waals surface area (Å²) in [4.78, 5) is 29.1. The summed E-state index contributed by atoms with van der Waals surface area (Å²) in [6, 6.07) is 16.5. The van der Waals surface area contributed by atoms with Gasteiger partial charge < -0.3 is 20.3 Å². The molecule has 0 radical (unpaired) electrons. The van der Waals surface area contributed by atoms with Crippen molar-refractivity contribution in [2.24, 2.45) is 5.92 Å². The van der Waals surface area contributed by atoms with Crippen LogP contribution in [0.3, 0.4) is 0 Å². The van der Waals surface area contributed by atoms with E-state index in [9.17, 15) is 4.79 Å². The maximum Gasteiger partial charge on any atom is 0.229 e. The van der Waals surface area contributed by atoms with Crippen LogP contribution in [0.2, 0.25) is 0 Å². The van der Waals surface area contributed by atoms with Crippen molar-refractivity contribution in [2.45, 2.75) is 45.6 Å². The number of carbonyl (C=O) groups excluding carboxylic acids is 1. The van der Waals surface area contributed by atoms with Crippen LogP contribution in [-0.4, -0.2) is 75.6 Å². The number of hydrogen-bond donors (Lipinski definition) is 2. The number of hydrogen-bond acceptors (Lipinski definition) is 9. The Hall–Kier alpha value is -4.67. The van der Waals surface area contributed by atoms with E-state index >= 15 is 0 Å². The lowest BCUT2D eigenvalue weighted by Gasteiger charge is -2.22. The molecule has 1 fully saturated rings. The number of pyridine rings is 1. The van der Waals surface area contributed by atoms with Gasteiger partial charge in [-0.2, -0.15) is 19.6 Å². The van der Waals surface area contributed by atoms with Gasteiger partial charge in [0.1, 0.15) is 0 Å². The lowest BCUT2D eigenvalue weighted by atomic mass is 9.97. The molecule has 0 saturated carbocycles. The molecule has 244 valence electrons. The zero-order valence-corrected chi connectivity index (χ0v) is 27.7. The summed E-state index contributed by atoms with van der Waals surface area (Å²) in [6.07, 6.45) is 9.75. The van der Waals surface area contributed by atoms with Gasteiger partial charge in [-0.1, -0.05) is 62.4 Å². The molecule has 2 N–H and O–H groups in total. The van der Waals surface area contributed by atoms with E-state index in [1.807, 2.05) is 61.7 Å². The van der Waals surface area contributed by atoms with Gasteiger partial charge in [0.15, 0.2) is 11.4 Å². The van der Waals surface area contributed by atoms with Gasteiger partial charge in [0.25, 0.3) is 0 Å². The van der Waals surface area contributed by atoms with Crippen LogP contribution in [0.15, 0.2) is 73.1 Å². The molecule has 0 spiro atoms. The first-order valence-corrected chi connectivity index (χ1v) is 16.5.